The lowest BCUT2D eigenvalue weighted by Gasteiger charge is -2.31. The van der Waals surface area contributed by atoms with Crippen LogP contribution in [0.1, 0.15) is 76.7 Å². The lowest BCUT2D eigenvalue weighted by molar-refractivity contribution is -0.149. The van der Waals surface area contributed by atoms with Crippen LogP contribution in [-0.4, -0.2) is 70.4 Å². The molecule has 1 saturated heterocycles. The van der Waals surface area contributed by atoms with Crippen LogP contribution in [0.25, 0.3) is 10.9 Å². The Labute approximate surface area is 258 Å². The summed E-state index contributed by atoms with van der Waals surface area (Å²) in [5.41, 5.74) is 1.52. The molecular weight excluding hydrogens is 562 g/mol. The molecule has 2 saturated carbocycles. The zero-order valence-corrected chi connectivity index (χ0v) is 25.4. The summed E-state index contributed by atoms with van der Waals surface area (Å²) in [4.78, 5) is 46.0. The molecule has 5 atom stereocenters. The van der Waals surface area contributed by atoms with Gasteiger partial charge in [0.15, 0.2) is 0 Å². The Morgan fingerprint density at radius 3 is 2.64 bits per heavy atom. The van der Waals surface area contributed by atoms with E-state index >= 15 is 0 Å². The number of hydrogen-bond acceptors (Lipinski definition) is 7. The van der Waals surface area contributed by atoms with Gasteiger partial charge in [0, 0.05) is 11.8 Å². The topological polar surface area (TPSA) is 127 Å². The predicted octanol–water partition coefficient (Wildman–Crippen LogP) is 5.41. The van der Waals surface area contributed by atoms with E-state index in [2.05, 4.69) is 17.5 Å². The highest BCUT2D eigenvalue weighted by Crippen LogP contribution is 2.38. The fourth-order valence-corrected chi connectivity index (χ4v) is 7.57. The molecule has 3 heterocycles. The van der Waals surface area contributed by atoms with Gasteiger partial charge in [-0.15, -0.1) is 0 Å². The van der Waals surface area contributed by atoms with Crippen molar-refractivity contribution < 1.29 is 33.7 Å². The zero-order chi connectivity index (χ0) is 30.6. The summed E-state index contributed by atoms with van der Waals surface area (Å²) < 4.78 is 18.6. The van der Waals surface area contributed by atoms with Crippen molar-refractivity contribution in [2.45, 2.75) is 102 Å². The number of carbonyl (C=O) groups excluding carboxylic acids is 2. The molecule has 2 N–H and O–H groups in total. The van der Waals surface area contributed by atoms with Crippen molar-refractivity contribution in [2.75, 3.05) is 13.2 Å². The molecule has 2 aliphatic heterocycles. The minimum absolute atomic E-state index is 0.0675. The number of pyridine rings is 1. The second-order valence-corrected chi connectivity index (χ2v) is 12.5. The maximum atomic E-state index is 14.1. The first-order chi connectivity index (χ1) is 21.4. The van der Waals surface area contributed by atoms with Crippen molar-refractivity contribution in [1.29, 1.82) is 0 Å². The van der Waals surface area contributed by atoms with E-state index in [0.717, 1.165) is 74.3 Å². The van der Waals surface area contributed by atoms with Crippen molar-refractivity contribution in [3.8, 4) is 11.6 Å². The fourth-order valence-electron chi connectivity index (χ4n) is 7.57. The fraction of sp³-hybridized carbons (Fsp3) is 0.588. The summed E-state index contributed by atoms with van der Waals surface area (Å²) in [6.45, 7) is 2.49. The lowest BCUT2D eigenvalue weighted by atomic mass is 9.96. The van der Waals surface area contributed by atoms with Gasteiger partial charge in [0.1, 0.15) is 30.0 Å². The van der Waals surface area contributed by atoms with E-state index in [9.17, 15) is 19.5 Å². The van der Waals surface area contributed by atoms with Gasteiger partial charge in [-0.3, -0.25) is 4.79 Å². The summed E-state index contributed by atoms with van der Waals surface area (Å²) >= 11 is 0. The highest BCUT2D eigenvalue weighted by Gasteiger charge is 2.46. The molecule has 0 radical (unpaired) electrons. The summed E-state index contributed by atoms with van der Waals surface area (Å²) in [6.07, 6.45) is 11.6. The largest absolute Gasteiger partial charge is 0.493 e. The Bertz CT molecular complexity index is 1400. The number of nitrogens with one attached hydrogen (secondary N) is 1. The van der Waals surface area contributed by atoms with Gasteiger partial charge in [0.25, 0.3) is 0 Å². The number of allylic oxidation sites excluding steroid dienone is 2. The first kappa shape index (κ1) is 30.2. The van der Waals surface area contributed by atoms with Crippen LogP contribution in [0.4, 0.5) is 4.79 Å². The maximum Gasteiger partial charge on any atom is 0.408 e. The van der Waals surface area contributed by atoms with Gasteiger partial charge in [0.2, 0.25) is 11.8 Å². The number of carbonyl (C=O) groups is 3. The quantitative estimate of drug-likeness (QED) is 0.443. The molecule has 1 aromatic heterocycles. The Morgan fingerprint density at radius 2 is 1.84 bits per heavy atom. The number of aromatic nitrogens is 1. The van der Waals surface area contributed by atoms with Gasteiger partial charge in [-0.1, -0.05) is 37.1 Å². The second-order valence-electron chi connectivity index (χ2n) is 12.5. The zero-order valence-electron chi connectivity index (χ0n) is 25.4. The first-order valence-electron chi connectivity index (χ1n) is 16.3. The van der Waals surface area contributed by atoms with E-state index in [-0.39, 0.29) is 36.8 Å². The van der Waals surface area contributed by atoms with Crippen LogP contribution < -0.4 is 14.8 Å². The third kappa shape index (κ3) is 6.35. The minimum Gasteiger partial charge on any atom is -0.493 e. The average Bonchev–Trinajstić information content (AvgIpc) is 3.78. The molecule has 2 bridgehead atoms. The number of amides is 2. The Hall–Kier alpha value is -3.82. The van der Waals surface area contributed by atoms with Gasteiger partial charge in [-0.05, 0) is 82.3 Å². The SMILES string of the molecule is CCOc1c2c(nc3ccccc13)O[C@@H]1C[C@@H](C(=O)O)N(C1)C(=O)[C@H](C1CCCC1)NC(=O)O[C@@H]1CCC[C@H]1CC/C=C/C2. The number of nitrogens with zero attached hydrogens (tertiary/aromatic N) is 2. The highest BCUT2D eigenvalue weighted by atomic mass is 16.6. The van der Waals surface area contributed by atoms with Crippen molar-refractivity contribution in [2.24, 2.45) is 11.8 Å². The summed E-state index contributed by atoms with van der Waals surface area (Å²) in [5, 5.41) is 14.0. The molecule has 2 aromatic rings. The number of fused-ring (bicyclic) bond motifs is 5. The summed E-state index contributed by atoms with van der Waals surface area (Å²) in [7, 11) is 0. The minimum atomic E-state index is -1.10. The Balaban J connectivity index is 1.38. The van der Waals surface area contributed by atoms with Crippen LogP contribution >= 0.6 is 0 Å². The molecule has 0 spiro atoms. The van der Waals surface area contributed by atoms with Gasteiger partial charge in [-0.25, -0.2) is 14.6 Å². The van der Waals surface area contributed by atoms with Crippen LogP contribution in [0.5, 0.6) is 11.6 Å². The van der Waals surface area contributed by atoms with E-state index in [4.69, 9.17) is 19.2 Å². The monoisotopic (exact) mass is 605 g/mol. The van der Waals surface area contributed by atoms with Gasteiger partial charge in [-0.2, -0.15) is 0 Å². The van der Waals surface area contributed by atoms with Gasteiger partial charge < -0.3 is 29.5 Å². The van der Waals surface area contributed by atoms with Crippen LogP contribution in [0, 0.1) is 11.8 Å². The lowest BCUT2D eigenvalue weighted by Crippen LogP contribution is -2.55. The van der Waals surface area contributed by atoms with Gasteiger partial charge >= 0.3 is 12.1 Å². The molecule has 1 aromatic carbocycles. The number of carboxylic acid groups (broad SMARTS) is 1. The van der Waals surface area contributed by atoms with Crippen molar-refractivity contribution >= 4 is 28.9 Å². The number of para-hydroxylation sites is 1. The van der Waals surface area contributed by atoms with Gasteiger partial charge in [0.05, 0.1) is 24.2 Å². The molecule has 2 aliphatic carbocycles. The molecule has 10 heteroatoms. The smallest absolute Gasteiger partial charge is 0.408 e. The van der Waals surface area contributed by atoms with Crippen LogP contribution in [0.15, 0.2) is 36.4 Å². The third-order valence-electron chi connectivity index (χ3n) is 9.75. The van der Waals surface area contributed by atoms with E-state index < -0.39 is 30.3 Å². The molecule has 4 aliphatic rings. The average molecular weight is 606 g/mol. The Morgan fingerprint density at radius 1 is 1.05 bits per heavy atom. The van der Waals surface area contributed by atoms with Crippen molar-refractivity contribution in [3.05, 3.63) is 42.0 Å². The number of rotatable bonds is 4. The number of benzene rings is 1. The van der Waals surface area contributed by atoms with E-state index in [1.54, 1.807) is 0 Å². The molecule has 2 amide bonds. The van der Waals surface area contributed by atoms with E-state index in [1.807, 2.05) is 31.2 Å². The third-order valence-corrected chi connectivity index (χ3v) is 9.75. The normalized spacial score (nSPS) is 29.1. The molecule has 6 rings (SSSR count). The molecule has 10 nitrogen and oxygen atoms in total. The molecule has 3 fully saturated rings. The molecular formula is C34H43N3O7. The molecule has 236 valence electrons. The second kappa shape index (κ2) is 13.4. The Kier molecular flexibility index (Phi) is 9.23. The van der Waals surface area contributed by atoms with Crippen LogP contribution in [0.3, 0.4) is 0 Å². The first-order valence-corrected chi connectivity index (χ1v) is 16.3. The van der Waals surface area contributed by atoms with Crippen molar-refractivity contribution in [3.63, 3.8) is 0 Å². The number of alkyl carbamates (subject to hydrolysis) is 1. The summed E-state index contributed by atoms with van der Waals surface area (Å²) in [6, 6.07) is 5.83. The van der Waals surface area contributed by atoms with Crippen LogP contribution in [0.2, 0.25) is 0 Å². The van der Waals surface area contributed by atoms with E-state index in [1.165, 1.54) is 4.90 Å². The number of carboxylic acids is 1. The highest BCUT2D eigenvalue weighted by molar-refractivity contribution is 5.90. The van der Waals surface area contributed by atoms with E-state index in [0.29, 0.717) is 24.7 Å². The number of aliphatic carboxylic acids is 1. The standard InChI is InChI=1S/C34H43N3O7/c1-2-42-30-24-15-8-9-17-26(24)35-31-25(30)16-5-3-4-11-21-14-10-18-28(21)44-34(41)36-29(22-12-6-7-13-22)32(38)37-20-23(43-31)19-27(37)33(39)40/h3,5,8-9,15,17,21-23,27-29H,2,4,6-7,10-14,16,18-20H2,1H3,(H,36,41)(H,39,40)/b5-3+/t21-,23-,27+,28-,29+/m1/s1. The van der Waals surface area contributed by atoms with Crippen molar-refractivity contribution in [1.82, 2.24) is 15.2 Å². The summed E-state index contributed by atoms with van der Waals surface area (Å²) in [5.74, 6) is -0.196. The number of hydrogen-bond donors (Lipinski definition) is 2. The maximum absolute atomic E-state index is 14.1. The van der Waals surface area contributed by atoms with Crippen LogP contribution in [-0.2, 0) is 20.7 Å². The molecule has 44 heavy (non-hydrogen) atoms. The molecule has 0 unspecified atom stereocenters. The predicted molar refractivity (Wildman–Crippen MR) is 164 cm³/mol. The number of ether oxygens (including phenoxy) is 3.